The van der Waals surface area contributed by atoms with Crippen molar-refractivity contribution in [2.24, 2.45) is 0 Å². The number of anilines is 1. The minimum atomic E-state index is -3.96. The summed E-state index contributed by atoms with van der Waals surface area (Å²) < 4.78 is 40.1. The van der Waals surface area contributed by atoms with Gasteiger partial charge in [-0.1, -0.05) is 29.3 Å². The Hall–Kier alpha value is -1.30. The Balaban J connectivity index is 2.41. The van der Waals surface area contributed by atoms with Gasteiger partial charge in [0.1, 0.15) is 10.7 Å². The van der Waals surface area contributed by atoms with E-state index in [0.29, 0.717) is 0 Å². The van der Waals surface area contributed by atoms with E-state index in [1.165, 1.54) is 24.3 Å². The molecule has 0 bridgehead atoms. The number of aryl methyl sites for hydroxylation is 1. The highest BCUT2D eigenvalue weighted by Gasteiger charge is 2.19. The summed E-state index contributed by atoms with van der Waals surface area (Å²) in [5.74, 6) is -0.760. The highest BCUT2D eigenvalue weighted by Crippen LogP contribution is 2.26. The van der Waals surface area contributed by atoms with Crippen LogP contribution in [0.4, 0.5) is 10.1 Å². The Kier molecular flexibility index (Phi) is 4.22. The summed E-state index contributed by atoms with van der Waals surface area (Å²) in [6, 6.07) is 8.16. The van der Waals surface area contributed by atoms with Crippen molar-refractivity contribution < 1.29 is 12.8 Å². The Morgan fingerprint density at radius 3 is 2.40 bits per heavy atom. The van der Waals surface area contributed by atoms with Crippen molar-refractivity contribution in [3.63, 3.8) is 0 Å². The van der Waals surface area contributed by atoms with Crippen LogP contribution in [-0.2, 0) is 10.0 Å². The number of sulfonamides is 1. The van der Waals surface area contributed by atoms with Gasteiger partial charge in [-0.2, -0.15) is 0 Å². The van der Waals surface area contributed by atoms with Gasteiger partial charge in [0, 0.05) is 5.02 Å². The van der Waals surface area contributed by atoms with E-state index >= 15 is 0 Å². The van der Waals surface area contributed by atoms with E-state index in [4.69, 9.17) is 23.2 Å². The van der Waals surface area contributed by atoms with Crippen LogP contribution >= 0.6 is 23.2 Å². The Labute approximate surface area is 126 Å². The van der Waals surface area contributed by atoms with Gasteiger partial charge in [-0.15, -0.1) is 0 Å². The molecule has 106 valence electrons. The topological polar surface area (TPSA) is 46.2 Å². The molecule has 3 nitrogen and oxygen atoms in total. The highest BCUT2D eigenvalue weighted by atomic mass is 35.5. The number of hydrogen-bond donors (Lipinski definition) is 1. The van der Waals surface area contributed by atoms with Gasteiger partial charge >= 0.3 is 0 Å². The molecule has 20 heavy (non-hydrogen) atoms. The molecule has 0 aliphatic rings. The van der Waals surface area contributed by atoms with Gasteiger partial charge in [0.2, 0.25) is 0 Å². The predicted molar refractivity (Wildman–Crippen MR) is 78.4 cm³/mol. The second-order valence-corrected chi connectivity index (χ2v) is 6.66. The molecule has 2 aromatic carbocycles. The van der Waals surface area contributed by atoms with Gasteiger partial charge in [0.25, 0.3) is 10.0 Å². The Morgan fingerprint density at radius 1 is 1.10 bits per heavy atom. The van der Waals surface area contributed by atoms with Crippen LogP contribution in [0.3, 0.4) is 0 Å². The van der Waals surface area contributed by atoms with Crippen molar-refractivity contribution in [3.8, 4) is 0 Å². The molecule has 0 atom stereocenters. The third-order valence-corrected chi connectivity index (χ3v) is 4.64. The molecule has 0 aliphatic heterocycles. The maximum absolute atomic E-state index is 13.6. The van der Waals surface area contributed by atoms with Gasteiger partial charge in [-0.3, -0.25) is 4.72 Å². The number of nitrogens with one attached hydrogen (secondary N) is 1. The molecular weight excluding hydrogens is 324 g/mol. The molecule has 1 N–H and O–H groups in total. The standard InChI is InChI=1S/C13H10Cl2FNO2S/c1-8-2-5-13(10(15)6-8)20(18,19)17-12-4-3-9(14)7-11(12)16/h2-7,17H,1H3. The first-order valence-corrected chi connectivity index (χ1v) is 7.77. The summed E-state index contributed by atoms with van der Waals surface area (Å²) >= 11 is 11.5. The van der Waals surface area contributed by atoms with Crippen LogP contribution in [0.15, 0.2) is 41.3 Å². The van der Waals surface area contributed by atoms with Gasteiger partial charge in [-0.05, 0) is 42.8 Å². The number of halogens is 3. The Morgan fingerprint density at radius 2 is 1.80 bits per heavy atom. The molecule has 0 unspecified atom stereocenters. The molecule has 0 saturated carbocycles. The predicted octanol–water partition coefficient (Wildman–Crippen LogP) is 4.24. The quantitative estimate of drug-likeness (QED) is 0.912. The average Bonchev–Trinajstić information content (AvgIpc) is 2.32. The van der Waals surface area contributed by atoms with Gasteiger partial charge in [0.15, 0.2) is 0 Å². The van der Waals surface area contributed by atoms with Crippen molar-refractivity contribution in [3.05, 3.63) is 57.8 Å². The van der Waals surface area contributed by atoms with E-state index in [9.17, 15) is 12.8 Å². The molecule has 0 fully saturated rings. The Bertz CT molecular complexity index is 763. The third kappa shape index (κ3) is 3.23. The molecule has 0 amide bonds. The molecule has 0 aromatic heterocycles. The molecule has 0 heterocycles. The van der Waals surface area contributed by atoms with Crippen LogP contribution in [-0.4, -0.2) is 8.42 Å². The smallest absolute Gasteiger partial charge is 0.263 e. The monoisotopic (exact) mass is 333 g/mol. The van der Waals surface area contributed by atoms with Crippen LogP contribution in [0.5, 0.6) is 0 Å². The SMILES string of the molecule is Cc1ccc(S(=O)(=O)Nc2ccc(Cl)cc2F)c(Cl)c1. The van der Waals surface area contributed by atoms with Crippen LogP contribution in [0, 0.1) is 12.7 Å². The summed E-state index contributed by atoms with van der Waals surface area (Å²) in [6.45, 7) is 1.79. The summed E-state index contributed by atoms with van der Waals surface area (Å²) in [5.41, 5.74) is 0.637. The zero-order valence-corrected chi connectivity index (χ0v) is 12.7. The van der Waals surface area contributed by atoms with Crippen LogP contribution in [0.1, 0.15) is 5.56 Å². The molecule has 0 saturated heterocycles. The normalized spacial score (nSPS) is 11.4. The zero-order chi connectivity index (χ0) is 14.9. The van der Waals surface area contributed by atoms with Crippen molar-refractivity contribution in [2.75, 3.05) is 4.72 Å². The number of benzene rings is 2. The van der Waals surface area contributed by atoms with Crippen molar-refractivity contribution in [2.45, 2.75) is 11.8 Å². The minimum Gasteiger partial charge on any atom is -0.277 e. The van der Waals surface area contributed by atoms with Crippen molar-refractivity contribution in [1.29, 1.82) is 0 Å². The fourth-order valence-corrected chi connectivity index (χ4v) is 3.42. The van der Waals surface area contributed by atoms with E-state index in [2.05, 4.69) is 4.72 Å². The van der Waals surface area contributed by atoms with Gasteiger partial charge < -0.3 is 0 Å². The van der Waals surface area contributed by atoms with Gasteiger partial charge in [-0.25, -0.2) is 12.8 Å². The summed E-state index contributed by atoms with van der Waals surface area (Å²) in [4.78, 5) is -0.112. The average molecular weight is 334 g/mol. The molecule has 7 heteroatoms. The van der Waals surface area contributed by atoms with Crippen LogP contribution in [0.25, 0.3) is 0 Å². The summed E-state index contributed by atoms with van der Waals surface area (Å²) in [7, 11) is -3.96. The summed E-state index contributed by atoms with van der Waals surface area (Å²) in [6.07, 6.45) is 0. The fraction of sp³-hybridized carbons (Fsp3) is 0.0769. The van der Waals surface area contributed by atoms with Crippen LogP contribution in [0.2, 0.25) is 10.0 Å². The first-order chi connectivity index (χ1) is 9.29. The van der Waals surface area contributed by atoms with E-state index in [1.807, 2.05) is 0 Å². The molecular formula is C13H10Cl2FNO2S. The van der Waals surface area contributed by atoms with Crippen molar-refractivity contribution in [1.82, 2.24) is 0 Å². The van der Waals surface area contributed by atoms with E-state index < -0.39 is 15.8 Å². The molecule has 2 aromatic rings. The fourth-order valence-electron chi connectivity index (χ4n) is 1.60. The van der Waals surface area contributed by atoms with Crippen molar-refractivity contribution >= 4 is 38.9 Å². The molecule has 0 aliphatic carbocycles. The maximum Gasteiger partial charge on any atom is 0.263 e. The first kappa shape index (κ1) is 15.1. The largest absolute Gasteiger partial charge is 0.277 e. The van der Waals surface area contributed by atoms with Gasteiger partial charge in [0.05, 0.1) is 10.7 Å². The minimum absolute atomic E-state index is 0.0758. The lowest BCUT2D eigenvalue weighted by atomic mass is 10.2. The lowest BCUT2D eigenvalue weighted by Crippen LogP contribution is -2.14. The number of rotatable bonds is 3. The summed E-state index contributed by atoms with van der Waals surface area (Å²) in [5, 5.41) is 0.255. The zero-order valence-electron chi connectivity index (χ0n) is 10.3. The molecule has 0 spiro atoms. The van der Waals surface area contributed by atoms with E-state index in [1.54, 1.807) is 13.0 Å². The van der Waals surface area contributed by atoms with E-state index in [0.717, 1.165) is 11.6 Å². The second-order valence-electron chi connectivity index (χ2n) is 4.16. The highest BCUT2D eigenvalue weighted by molar-refractivity contribution is 7.92. The molecule has 0 radical (unpaired) electrons. The van der Waals surface area contributed by atoms with E-state index in [-0.39, 0.29) is 20.6 Å². The lowest BCUT2D eigenvalue weighted by molar-refractivity contribution is 0.598. The maximum atomic E-state index is 13.6. The lowest BCUT2D eigenvalue weighted by Gasteiger charge is -2.10. The van der Waals surface area contributed by atoms with Crippen LogP contribution < -0.4 is 4.72 Å². The second kappa shape index (κ2) is 5.60. The first-order valence-electron chi connectivity index (χ1n) is 5.53. The molecule has 2 rings (SSSR count). The third-order valence-electron chi connectivity index (χ3n) is 2.55. The number of hydrogen-bond acceptors (Lipinski definition) is 2.